The highest BCUT2D eigenvalue weighted by atomic mass is 16.1. The third-order valence-electron chi connectivity index (χ3n) is 6.35. The summed E-state index contributed by atoms with van der Waals surface area (Å²) in [7, 11) is 1.98. The number of pyridine rings is 1. The quantitative estimate of drug-likeness (QED) is 0.942. The number of aromatic nitrogens is 3. The largest absolute Gasteiger partial charge is 0.294 e. The lowest BCUT2D eigenvalue weighted by Crippen LogP contribution is -2.50. The first-order chi connectivity index (χ1) is 11.7. The van der Waals surface area contributed by atoms with E-state index in [9.17, 15) is 4.79 Å². The highest BCUT2D eigenvalue weighted by Crippen LogP contribution is 2.43. The zero-order valence-corrected chi connectivity index (χ0v) is 14.5. The van der Waals surface area contributed by atoms with Crippen molar-refractivity contribution in [3.63, 3.8) is 0 Å². The predicted molar refractivity (Wildman–Crippen MR) is 94.2 cm³/mol. The second-order valence-electron chi connectivity index (χ2n) is 8.02. The highest BCUT2D eigenvalue weighted by Gasteiger charge is 2.43. The van der Waals surface area contributed by atoms with Gasteiger partial charge in [0.1, 0.15) is 11.3 Å². The Hall–Kier alpha value is -1.62. The van der Waals surface area contributed by atoms with Gasteiger partial charge in [-0.25, -0.2) is 0 Å². The van der Waals surface area contributed by atoms with Crippen LogP contribution in [0, 0.1) is 5.92 Å². The summed E-state index contributed by atoms with van der Waals surface area (Å²) in [5.74, 6) is 0.779. The molecule has 0 radical (unpaired) electrons. The van der Waals surface area contributed by atoms with Crippen molar-refractivity contribution in [2.24, 2.45) is 13.0 Å². The Kier molecular flexibility index (Phi) is 3.18. The maximum Gasteiger partial charge on any atom is 0.257 e. The molecule has 0 spiro atoms. The van der Waals surface area contributed by atoms with Gasteiger partial charge < -0.3 is 0 Å². The van der Waals surface area contributed by atoms with Crippen LogP contribution in [0.4, 0.5) is 0 Å². The third kappa shape index (κ3) is 2.03. The molecular formula is C19H26N4O. The Labute approximate surface area is 142 Å². The van der Waals surface area contributed by atoms with Gasteiger partial charge in [-0.3, -0.25) is 19.4 Å². The molecule has 0 aromatic carbocycles. The molecule has 1 saturated carbocycles. The lowest BCUT2D eigenvalue weighted by Gasteiger charge is -2.34. The normalized spacial score (nSPS) is 26.9. The van der Waals surface area contributed by atoms with Crippen molar-refractivity contribution in [2.75, 3.05) is 6.54 Å². The van der Waals surface area contributed by atoms with E-state index in [4.69, 9.17) is 0 Å². The Balaban J connectivity index is 1.82. The molecule has 1 aliphatic heterocycles. The molecule has 24 heavy (non-hydrogen) atoms. The molecule has 5 nitrogen and oxygen atoms in total. The standard InChI is InChI=1S/C19H26N4O/c1-22-17-16(12-21-22)14-5-2-3-6-15(14)18(24)23(17)19(9-4-10-20-19)11-13-7-8-13/h12-13,20H,2-11H2,1H3/t19-/m1/s1. The van der Waals surface area contributed by atoms with Crippen LogP contribution in [-0.4, -0.2) is 20.9 Å². The highest BCUT2D eigenvalue weighted by molar-refractivity contribution is 5.81. The fraction of sp³-hybridized carbons (Fsp3) is 0.684. The van der Waals surface area contributed by atoms with Crippen LogP contribution in [0.25, 0.3) is 11.0 Å². The zero-order valence-electron chi connectivity index (χ0n) is 14.5. The average Bonchev–Trinajstić information content (AvgIpc) is 3.13. The van der Waals surface area contributed by atoms with Gasteiger partial charge in [0, 0.05) is 18.0 Å². The van der Waals surface area contributed by atoms with Crippen molar-refractivity contribution in [1.29, 1.82) is 0 Å². The minimum absolute atomic E-state index is 0.198. The molecule has 128 valence electrons. The molecule has 1 atom stereocenters. The zero-order chi connectivity index (χ0) is 16.3. The summed E-state index contributed by atoms with van der Waals surface area (Å²) in [6.45, 7) is 1.01. The van der Waals surface area contributed by atoms with E-state index >= 15 is 0 Å². The first-order valence-electron chi connectivity index (χ1n) is 9.54. The van der Waals surface area contributed by atoms with E-state index in [0.717, 1.165) is 62.2 Å². The molecule has 0 bridgehead atoms. The van der Waals surface area contributed by atoms with Crippen molar-refractivity contribution in [1.82, 2.24) is 19.7 Å². The molecule has 2 aromatic heterocycles. The molecule has 2 aromatic rings. The second-order valence-corrected chi connectivity index (χ2v) is 8.02. The van der Waals surface area contributed by atoms with Gasteiger partial charge in [0.2, 0.25) is 0 Å². The van der Waals surface area contributed by atoms with Crippen LogP contribution in [-0.2, 0) is 25.6 Å². The molecule has 3 heterocycles. The van der Waals surface area contributed by atoms with Crippen molar-refractivity contribution < 1.29 is 0 Å². The van der Waals surface area contributed by atoms with E-state index in [2.05, 4.69) is 15.0 Å². The van der Waals surface area contributed by atoms with Gasteiger partial charge in [-0.2, -0.15) is 5.10 Å². The number of nitrogens with one attached hydrogen (secondary N) is 1. The smallest absolute Gasteiger partial charge is 0.257 e. The van der Waals surface area contributed by atoms with Gasteiger partial charge in [-0.15, -0.1) is 0 Å². The minimum atomic E-state index is -0.198. The van der Waals surface area contributed by atoms with Crippen molar-refractivity contribution in [3.05, 3.63) is 27.7 Å². The number of rotatable bonds is 3. The summed E-state index contributed by atoms with van der Waals surface area (Å²) in [4.78, 5) is 13.6. The maximum absolute atomic E-state index is 13.6. The van der Waals surface area contributed by atoms with Crippen LogP contribution < -0.4 is 10.9 Å². The monoisotopic (exact) mass is 326 g/mol. The van der Waals surface area contributed by atoms with Crippen LogP contribution in [0.5, 0.6) is 0 Å². The summed E-state index contributed by atoms with van der Waals surface area (Å²) in [6.07, 6.45) is 12.2. The van der Waals surface area contributed by atoms with E-state index in [1.54, 1.807) is 0 Å². The maximum atomic E-state index is 13.6. The van der Waals surface area contributed by atoms with Crippen LogP contribution in [0.2, 0.25) is 0 Å². The number of aryl methyl sites for hydroxylation is 2. The van der Waals surface area contributed by atoms with Crippen LogP contribution >= 0.6 is 0 Å². The second kappa shape index (κ2) is 5.19. The fourth-order valence-electron chi connectivity index (χ4n) is 5.02. The van der Waals surface area contributed by atoms with Gasteiger partial charge in [-0.1, -0.05) is 12.8 Å². The molecular weight excluding hydrogens is 300 g/mol. The van der Waals surface area contributed by atoms with Crippen LogP contribution in [0.3, 0.4) is 0 Å². The molecule has 1 N–H and O–H groups in total. The van der Waals surface area contributed by atoms with Gasteiger partial charge in [-0.05, 0) is 63.0 Å². The summed E-state index contributed by atoms with van der Waals surface area (Å²) >= 11 is 0. The number of fused-ring (bicyclic) bond motifs is 3. The molecule has 0 amide bonds. The molecule has 3 aliphatic rings. The van der Waals surface area contributed by atoms with Crippen molar-refractivity contribution in [2.45, 2.75) is 63.5 Å². The number of hydrogen-bond acceptors (Lipinski definition) is 3. The van der Waals surface area contributed by atoms with E-state index in [-0.39, 0.29) is 11.2 Å². The van der Waals surface area contributed by atoms with Gasteiger partial charge in [0.15, 0.2) is 0 Å². The molecule has 0 unspecified atom stereocenters. The summed E-state index contributed by atoms with van der Waals surface area (Å²) in [5, 5.41) is 9.47. The van der Waals surface area contributed by atoms with Crippen LogP contribution in [0.1, 0.15) is 56.1 Å². The van der Waals surface area contributed by atoms with Gasteiger partial charge in [0.25, 0.3) is 5.56 Å². The van der Waals surface area contributed by atoms with Crippen molar-refractivity contribution >= 4 is 11.0 Å². The topological polar surface area (TPSA) is 51.9 Å². The Morgan fingerprint density at radius 1 is 1.25 bits per heavy atom. The number of nitrogens with zero attached hydrogens (tertiary/aromatic N) is 3. The van der Waals surface area contributed by atoms with E-state index < -0.39 is 0 Å². The van der Waals surface area contributed by atoms with Crippen LogP contribution in [0.15, 0.2) is 11.0 Å². The first kappa shape index (κ1) is 14.7. The minimum Gasteiger partial charge on any atom is -0.294 e. The molecule has 5 rings (SSSR count). The summed E-state index contributed by atoms with van der Waals surface area (Å²) in [5.41, 5.74) is 3.40. The summed E-state index contributed by atoms with van der Waals surface area (Å²) < 4.78 is 4.03. The van der Waals surface area contributed by atoms with E-state index in [1.165, 1.54) is 30.2 Å². The summed E-state index contributed by atoms with van der Waals surface area (Å²) in [6, 6.07) is 0. The fourth-order valence-corrected chi connectivity index (χ4v) is 5.02. The Morgan fingerprint density at radius 2 is 2.04 bits per heavy atom. The molecule has 5 heteroatoms. The Bertz CT molecular complexity index is 852. The molecule has 2 aliphatic carbocycles. The molecule has 1 saturated heterocycles. The van der Waals surface area contributed by atoms with E-state index in [1.807, 2.05) is 17.9 Å². The first-order valence-corrected chi connectivity index (χ1v) is 9.54. The molecule has 2 fully saturated rings. The average molecular weight is 326 g/mol. The predicted octanol–water partition coefficient (Wildman–Crippen LogP) is 2.45. The van der Waals surface area contributed by atoms with E-state index in [0.29, 0.717) is 0 Å². The number of hydrogen-bond donors (Lipinski definition) is 1. The Morgan fingerprint density at radius 3 is 2.75 bits per heavy atom. The lowest BCUT2D eigenvalue weighted by atomic mass is 9.90. The SMILES string of the molecule is Cn1ncc2c3c(c(=O)n([C@@]4(CC5CC5)CCCN4)c21)CCCC3. The third-order valence-corrected chi connectivity index (χ3v) is 6.35. The van der Waals surface area contributed by atoms with Gasteiger partial charge >= 0.3 is 0 Å². The van der Waals surface area contributed by atoms with Gasteiger partial charge in [0.05, 0.1) is 6.20 Å². The lowest BCUT2D eigenvalue weighted by molar-refractivity contribution is 0.217. The van der Waals surface area contributed by atoms with Crippen molar-refractivity contribution in [3.8, 4) is 0 Å².